The SMILES string of the molecule is CN=C(NCc1ccc(N2CCCC2=O)cc1)NCC(C)N1CCCC(C)C1. The Morgan fingerprint density at radius 1 is 1.21 bits per heavy atom. The van der Waals surface area contributed by atoms with Crippen molar-refractivity contribution in [3.63, 3.8) is 0 Å². The van der Waals surface area contributed by atoms with Crippen molar-refractivity contribution in [1.82, 2.24) is 15.5 Å². The molecular formula is C22H35N5O. The van der Waals surface area contributed by atoms with Crippen molar-refractivity contribution in [3.05, 3.63) is 29.8 Å². The van der Waals surface area contributed by atoms with Crippen LogP contribution < -0.4 is 15.5 Å². The van der Waals surface area contributed by atoms with Gasteiger partial charge in [-0.05, 0) is 56.3 Å². The standard InChI is InChI=1S/C22H35N5O/c1-17-6-4-12-26(16-17)18(2)14-24-22(23-3)25-15-19-8-10-20(11-9-19)27-13-5-7-21(27)28/h8-11,17-18H,4-7,12-16H2,1-3H3,(H2,23,24,25). The predicted molar refractivity (Wildman–Crippen MR) is 116 cm³/mol. The van der Waals surface area contributed by atoms with Gasteiger partial charge in [-0.15, -0.1) is 0 Å². The van der Waals surface area contributed by atoms with Gasteiger partial charge < -0.3 is 15.5 Å². The van der Waals surface area contributed by atoms with Gasteiger partial charge in [0.05, 0.1) is 0 Å². The maximum Gasteiger partial charge on any atom is 0.227 e. The van der Waals surface area contributed by atoms with Crippen molar-refractivity contribution < 1.29 is 4.79 Å². The molecule has 0 spiro atoms. The number of carbonyl (C=O) groups is 1. The Bertz CT molecular complexity index is 672. The van der Waals surface area contributed by atoms with Crippen molar-refractivity contribution in [1.29, 1.82) is 0 Å². The Morgan fingerprint density at radius 3 is 2.64 bits per heavy atom. The third-order valence-electron chi connectivity index (χ3n) is 5.88. The zero-order valence-electron chi connectivity index (χ0n) is 17.6. The summed E-state index contributed by atoms with van der Waals surface area (Å²) in [5, 5.41) is 6.85. The molecule has 2 heterocycles. The molecule has 0 aliphatic carbocycles. The van der Waals surface area contributed by atoms with Gasteiger partial charge in [-0.1, -0.05) is 19.1 Å². The summed E-state index contributed by atoms with van der Waals surface area (Å²) in [6, 6.07) is 8.74. The van der Waals surface area contributed by atoms with Crippen molar-refractivity contribution >= 4 is 17.6 Å². The number of hydrogen-bond donors (Lipinski definition) is 2. The summed E-state index contributed by atoms with van der Waals surface area (Å²) in [5.74, 6) is 1.86. The molecule has 2 aliphatic rings. The number of nitrogens with zero attached hydrogens (tertiary/aromatic N) is 3. The van der Waals surface area contributed by atoms with Crippen LogP contribution >= 0.6 is 0 Å². The minimum atomic E-state index is 0.229. The van der Waals surface area contributed by atoms with Crippen LogP contribution in [0.1, 0.15) is 45.1 Å². The van der Waals surface area contributed by atoms with E-state index in [1.54, 1.807) is 0 Å². The second kappa shape index (κ2) is 9.92. The molecule has 0 bridgehead atoms. The van der Waals surface area contributed by atoms with E-state index in [4.69, 9.17) is 0 Å². The zero-order chi connectivity index (χ0) is 19.9. The third kappa shape index (κ3) is 5.47. The van der Waals surface area contributed by atoms with E-state index in [0.29, 0.717) is 19.0 Å². The van der Waals surface area contributed by atoms with Crippen LogP contribution in [0, 0.1) is 5.92 Å². The highest BCUT2D eigenvalue weighted by Crippen LogP contribution is 2.21. The molecular weight excluding hydrogens is 350 g/mol. The minimum Gasteiger partial charge on any atom is -0.355 e. The summed E-state index contributed by atoms with van der Waals surface area (Å²) in [6.07, 6.45) is 4.28. The monoisotopic (exact) mass is 385 g/mol. The molecule has 6 nitrogen and oxygen atoms in total. The van der Waals surface area contributed by atoms with Crippen molar-refractivity contribution in [2.24, 2.45) is 10.9 Å². The largest absolute Gasteiger partial charge is 0.355 e. The van der Waals surface area contributed by atoms with Gasteiger partial charge in [0.15, 0.2) is 5.96 Å². The van der Waals surface area contributed by atoms with E-state index in [1.165, 1.54) is 31.5 Å². The molecule has 2 aliphatic heterocycles. The van der Waals surface area contributed by atoms with Crippen LogP contribution in [0.4, 0.5) is 5.69 Å². The number of piperidine rings is 1. The second-order valence-electron chi connectivity index (χ2n) is 8.21. The summed E-state index contributed by atoms with van der Waals surface area (Å²) < 4.78 is 0. The maximum atomic E-state index is 11.9. The van der Waals surface area contributed by atoms with Gasteiger partial charge in [-0.3, -0.25) is 14.7 Å². The molecule has 28 heavy (non-hydrogen) atoms. The van der Waals surface area contributed by atoms with Crippen molar-refractivity contribution in [3.8, 4) is 0 Å². The van der Waals surface area contributed by atoms with Crippen LogP contribution in [-0.4, -0.2) is 56.0 Å². The van der Waals surface area contributed by atoms with E-state index in [0.717, 1.165) is 37.1 Å². The first-order valence-electron chi connectivity index (χ1n) is 10.6. The topological polar surface area (TPSA) is 60.0 Å². The molecule has 2 fully saturated rings. The first-order chi connectivity index (χ1) is 13.6. The maximum absolute atomic E-state index is 11.9. The van der Waals surface area contributed by atoms with Crippen LogP contribution in [0.25, 0.3) is 0 Å². The van der Waals surface area contributed by atoms with Gasteiger partial charge in [0, 0.05) is 51.4 Å². The molecule has 1 aromatic rings. The summed E-state index contributed by atoms with van der Waals surface area (Å²) >= 11 is 0. The average Bonchev–Trinajstić information content (AvgIpc) is 3.14. The van der Waals surface area contributed by atoms with Crippen molar-refractivity contribution in [2.45, 2.75) is 52.1 Å². The highest BCUT2D eigenvalue weighted by molar-refractivity contribution is 5.95. The molecule has 0 aromatic heterocycles. The highest BCUT2D eigenvalue weighted by Gasteiger charge is 2.22. The molecule has 0 radical (unpaired) electrons. The van der Waals surface area contributed by atoms with Gasteiger partial charge in [0.25, 0.3) is 0 Å². The van der Waals surface area contributed by atoms with Gasteiger partial charge in [0.2, 0.25) is 5.91 Å². The number of likely N-dealkylation sites (tertiary alicyclic amines) is 1. The Kier molecular flexibility index (Phi) is 7.31. The lowest BCUT2D eigenvalue weighted by Gasteiger charge is -2.35. The van der Waals surface area contributed by atoms with Gasteiger partial charge in [-0.25, -0.2) is 0 Å². The van der Waals surface area contributed by atoms with Crippen LogP contribution in [0.5, 0.6) is 0 Å². The van der Waals surface area contributed by atoms with Crippen LogP contribution in [0.15, 0.2) is 29.3 Å². The minimum absolute atomic E-state index is 0.229. The van der Waals surface area contributed by atoms with E-state index < -0.39 is 0 Å². The number of rotatable bonds is 6. The fraction of sp³-hybridized carbons (Fsp3) is 0.636. The first-order valence-corrected chi connectivity index (χ1v) is 10.6. The number of carbonyl (C=O) groups excluding carboxylic acids is 1. The van der Waals surface area contributed by atoms with E-state index in [2.05, 4.69) is 46.5 Å². The lowest BCUT2D eigenvalue weighted by Crippen LogP contribution is -2.48. The second-order valence-corrected chi connectivity index (χ2v) is 8.21. The number of nitrogens with one attached hydrogen (secondary N) is 2. The molecule has 2 N–H and O–H groups in total. The molecule has 2 saturated heterocycles. The van der Waals surface area contributed by atoms with E-state index in [-0.39, 0.29) is 5.91 Å². The number of guanidine groups is 1. The summed E-state index contributed by atoms with van der Waals surface area (Å²) in [4.78, 5) is 20.7. The molecule has 6 heteroatoms. The highest BCUT2D eigenvalue weighted by atomic mass is 16.2. The molecule has 3 rings (SSSR count). The smallest absolute Gasteiger partial charge is 0.227 e. The fourth-order valence-electron chi connectivity index (χ4n) is 4.12. The first kappa shape index (κ1) is 20.6. The number of aliphatic imine (C=N–C) groups is 1. The normalized spacial score (nSPS) is 22.4. The Morgan fingerprint density at radius 2 is 2.00 bits per heavy atom. The Labute approximate surface area is 169 Å². The van der Waals surface area contributed by atoms with Gasteiger partial charge in [0.1, 0.15) is 0 Å². The van der Waals surface area contributed by atoms with Gasteiger partial charge >= 0.3 is 0 Å². The number of anilines is 1. The average molecular weight is 386 g/mol. The van der Waals surface area contributed by atoms with E-state index in [1.807, 2.05) is 24.1 Å². The predicted octanol–water partition coefficient (Wildman–Crippen LogP) is 2.60. The summed E-state index contributed by atoms with van der Waals surface area (Å²) in [7, 11) is 1.81. The Balaban J connectivity index is 1.44. The lowest BCUT2D eigenvalue weighted by atomic mass is 9.99. The number of hydrogen-bond acceptors (Lipinski definition) is 3. The molecule has 1 aromatic carbocycles. The Hall–Kier alpha value is -2.08. The molecule has 1 amide bonds. The quantitative estimate of drug-likeness (QED) is 0.584. The molecule has 2 atom stereocenters. The van der Waals surface area contributed by atoms with Gasteiger partial charge in [-0.2, -0.15) is 0 Å². The third-order valence-corrected chi connectivity index (χ3v) is 5.88. The van der Waals surface area contributed by atoms with Crippen molar-refractivity contribution in [2.75, 3.05) is 38.1 Å². The van der Waals surface area contributed by atoms with Crippen LogP contribution in [0.2, 0.25) is 0 Å². The lowest BCUT2D eigenvalue weighted by molar-refractivity contribution is -0.117. The van der Waals surface area contributed by atoms with E-state index >= 15 is 0 Å². The molecule has 154 valence electrons. The zero-order valence-corrected chi connectivity index (χ0v) is 17.6. The number of benzene rings is 1. The fourth-order valence-corrected chi connectivity index (χ4v) is 4.12. The van der Waals surface area contributed by atoms with Crippen LogP contribution in [-0.2, 0) is 11.3 Å². The van der Waals surface area contributed by atoms with E-state index in [9.17, 15) is 4.79 Å². The number of amides is 1. The summed E-state index contributed by atoms with van der Waals surface area (Å²) in [5.41, 5.74) is 2.18. The van der Waals surface area contributed by atoms with Crippen LogP contribution in [0.3, 0.4) is 0 Å². The molecule has 0 saturated carbocycles. The molecule has 2 unspecified atom stereocenters. The summed E-state index contributed by atoms with van der Waals surface area (Å²) in [6.45, 7) is 9.46.